The number of nitrogens with zero attached hydrogens (tertiary/aromatic N) is 1. The summed E-state index contributed by atoms with van der Waals surface area (Å²) in [7, 11) is 2.95. The molecule has 1 saturated carbocycles. The molecule has 2 aliphatic rings. The molecule has 2 atom stereocenters. The molecule has 0 N–H and O–H groups in total. The SMILES string of the molecule is COC1(OC)C2CC(=O)CC1N(C(=O)OC(C)(C)C)O2. The molecule has 2 rings (SSSR count). The Kier molecular flexibility index (Phi) is 3.79. The molecule has 1 saturated heterocycles. The average Bonchev–Trinajstić information content (AvgIpc) is 2.49. The van der Waals surface area contributed by atoms with E-state index in [1.807, 2.05) is 0 Å². The van der Waals surface area contributed by atoms with Crippen molar-refractivity contribution in [3.05, 3.63) is 0 Å². The molecule has 7 nitrogen and oxygen atoms in total. The van der Waals surface area contributed by atoms with Crippen molar-refractivity contribution in [2.24, 2.45) is 0 Å². The third-order valence-corrected chi connectivity index (χ3v) is 3.48. The minimum atomic E-state index is -1.12. The van der Waals surface area contributed by atoms with Gasteiger partial charge in [-0.2, -0.15) is 5.06 Å². The van der Waals surface area contributed by atoms with E-state index in [4.69, 9.17) is 19.0 Å². The van der Waals surface area contributed by atoms with E-state index in [0.29, 0.717) is 0 Å². The first-order chi connectivity index (χ1) is 9.23. The molecular formula is C13H21NO6. The quantitative estimate of drug-likeness (QED) is 0.712. The number of carbonyl (C=O) groups excluding carboxylic acids is 2. The van der Waals surface area contributed by atoms with E-state index in [0.717, 1.165) is 5.06 Å². The molecule has 114 valence electrons. The number of rotatable bonds is 2. The molecule has 1 amide bonds. The summed E-state index contributed by atoms with van der Waals surface area (Å²) >= 11 is 0. The number of hydrogen-bond acceptors (Lipinski definition) is 6. The number of Topliss-reactive ketones (excluding diaryl/α,β-unsaturated/α-hetero) is 1. The fourth-order valence-corrected chi connectivity index (χ4v) is 2.67. The molecule has 1 aliphatic heterocycles. The molecule has 20 heavy (non-hydrogen) atoms. The Labute approximate surface area is 118 Å². The Morgan fingerprint density at radius 1 is 1.30 bits per heavy atom. The van der Waals surface area contributed by atoms with E-state index in [2.05, 4.69) is 0 Å². The largest absolute Gasteiger partial charge is 0.442 e. The van der Waals surface area contributed by atoms with Crippen molar-refractivity contribution < 1.29 is 28.6 Å². The first kappa shape index (κ1) is 15.2. The highest BCUT2D eigenvalue weighted by Gasteiger charge is 2.63. The standard InChI is InChI=1S/C13H21NO6/c1-12(2,3)19-11(16)14-9-6-8(15)7-10(20-14)13(9,17-4)18-5/h9-10H,6-7H2,1-5H3. The van der Waals surface area contributed by atoms with Gasteiger partial charge in [0.1, 0.15) is 23.5 Å². The van der Waals surface area contributed by atoms with Gasteiger partial charge in [0.15, 0.2) is 0 Å². The van der Waals surface area contributed by atoms with Gasteiger partial charge >= 0.3 is 6.09 Å². The normalized spacial score (nSPS) is 28.6. The Morgan fingerprint density at radius 3 is 2.40 bits per heavy atom. The summed E-state index contributed by atoms with van der Waals surface area (Å²) in [6.45, 7) is 5.29. The predicted octanol–water partition coefficient (Wildman–Crippen LogP) is 1.26. The number of hydroxylamine groups is 2. The van der Waals surface area contributed by atoms with E-state index < -0.39 is 29.6 Å². The van der Waals surface area contributed by atoms with Crippen LogP contribution in [0.4, 0.5) is 4.79 Å². The Balaban J connectivity index is 2.25. The molecule has 2 unspecified atom stereocenters. The summed E-state index contributed by atoms with van der Waals surface area (Å²) in [6, 6.07) is -0.640. The molecule has 0 aromatic carbocycles. The van der Waals surface area contributed by atoms with Crippen LogP contribution in [0.15, 0.2) is 0 Å². The number of amides is 1. The average molecular weight is 287 g/mol. The van der Waals surface area contributed by atoms with Crippen molar-refractivity contribution in [1.29, 1.82) is 0 Å². The van der Waals surface area contributed by atoms with Gasteiger partial charge in [-0.1, -0.05) is 0 Å². The molecular weight excluding hydrogens is 266 g/mol. The van der Waals surface area contributed by atoms with Crippen molar-refractivity contribution in [1.82, 2.24) is 5.06 Å². The smallest absolute Gasteiger partial charge is 0.434 e. The summed E-state index contributed by atoms with van der Waals surface area (Å²) in [4.78, 5) is 29.5. The van der Waals surface area contributed by atoms with Gasteiger partial charge in [-0.25, -0.2) is 4.79 Å². The summed E-state index contributed by atoms with van der Waals surface area (Å²) in [5.41, 5.74) is -0.649. The lowest BCUT2D eigenvalue weighted by molar-refractivity contribution is -0.244. The number of carbonyl (C=O) groups is 2. The molecule has 0 aromatic heterocycles. The fourth-order valence-electron chi connectivity index (χ4n) is 2.67. The van der Waals surface area contributed by atoms with Gasteiger partial charge in [-0.3, -0.25) is 9.63 Å². The summed E-state index contributed by atoms with van der Waals surface area (Å²) < 4.78 is 16.1. The summed E-state index contributed by atoms with van der Waals surface area (Å²) in [6.07, 6.45) is -1.01. The highest BCUT2D eigenvalue weighted by atomic mass is 16.8. The Hall–Kier alpha value is -1.18. The fraction of sp³-hybridized carbons (Fsp3) is 0.846. The third kappa shape index (κ3) is 2.41. The van der Waals surface area contributed by atoms with Crippen LogP contribution in [0, 0.1) is 0 Å². The topological polar surface area (TPSA) is 74.3 Å². The first-order valence-electron chi connectivity index (χ1n) is 6.54. The highest BCUT2D eigenvalue weighted by molar-refractivity contribution is 5.82. The van der Waals surface area contributed by atoms with Crippen molar-refractivity contribution in [3.63, 3.8) is 0 Å². The maximum atomic E-state index is 12.2. The van der Waals surface area contributed by atoms with Crippen LogP contribution in [0.3, 0.4) is 0 Å². The monoisotopic (exact) mass is 287 g/mol. The summed E-state index contributed by atoms with van der Waals surface area (Å²) in [5, 5.41) is 1.08. The number of hydrogen-bond donors (Lipinski definition) is 0. The molecule has 1 heterocycles. The number of fused-ring (bicyclic) bond motifs is 2. The number of ketones is 1. The van der Waals surface area contributed by atoms with Crippen LogP contribution < -0.4 is 0 Å². The molecule has 2 fully saturated rings. The van der Waals surface area contributed by atoms with Gasteiger partial charge in [0.25, 0.3) is 0 Å². The molecule has 7 heteroatoms. The van der Waals surface area contributed by atoms with E-state index >= 15 is 0 Å². The van der Waals surface area contributed by atoms with Gasteiger partial charge < -0.3 is 14.2 Å². The van der Waals surface area contributed by atoms with Crippen LogP contribution in [0.1, 0.15) is 33.6 Å². The lowest BCUT2D eigenvalue weighted by Crippen LogP contribution is -2.57. The van der Waals surface area contributed by atoms with Gasteiger partial charge in [-0.05, 0) is 20.8 Å². The van der Waals surface area contributed by atoms with Crippen LogP contribution in [0.25, 0.3) is 0 Å². The molecule has 0 radical (unpaired) electrons. The minimum Gasteiger partial charge on any atom is -0.442 e. The third-order valence-electron chi connectivity index (χ3n) is 3.48. The molecule has 1 aliphatic carbocycles. The van der Waals surface area contributed by atoms with E-state index in [-0.39, 0.29) is 18.6 Å². The lowest BCUT2D eigenvalue weighted by Gasteiger charge is -2.37. The van der Waals surface area contributed by atoms with E-state index in [1.54, 1.807) is 20.8 Å². The van der Waals surface area contributed by atoms with Crippen molar-refractivity contribution in [3.8, 4) is 0 Å². The number of methoxy groups -OCH3 is 2. The van der Waals surface area contributed by atoms with Gasteiger partial charge in [0.05, 0.1) is 0 Å². The van der Waals surface area contributed by atoms with E-state index in [9.17, 15) is 9.59 Å². The van der Waals surface area contributed by atoms with Crippen molar-refractivity contribution in [2.45, 2.75) is 57.1 Å². The summed E-state index contributed by atoms with van der Waals surface area (Å²) in [5.74, 6) is -1.11. The van der Waals surface area contributed by atoms with Crippen LogP contribution in [0.5, 0.6) is 0 Å². The van der Waals surface area contributed by atoms with Gasteiger partial charge in [0, 0.05) is 27.1 Å². The molecule has 0 spiro atoms. The van der Waals surface area contributed by atoms with Gasteiger partial charge in [0.2, 0.25) is 5.79 Å². The zero-order valence-electron chi connectivity index (χ0n) is 12.5. The van der Waals surface area contributed by atoms with Crippen LogP contribution in [0.2, 0.25) is 0 Å². The molecule has 0 aromatic rings. The maximum absolute atomic E-state index is 12.2. The second kappa shape index (κ2) is 4.98. The van der Waals surface area contributed by atoms with Crippen molar-refractivity contribution >= 4 is 11.9 Å². The highest BCUT2D eigenvalue weighted by Crippen LogP contribution is 2.43. The second-order valence-corrected chi connectivity index (χ2v) is 5.99. The maximum Gasteiger partial charge on any atom is 0.434 e. The Morgan fingerprint density at radius 2 is 1.90 bits per heavy atom. The molecule has 2 bridgehead atoms. The minimum absolute atomic E-state index is 0.00998. The Bertz CT molecular complexity index is 412. The zero-order valence-corrected chi connectivity index (χ0v) is 12.5. The first-order valence-corrected chi connectivity index (χ1v) is 6.54. The zero-order chi connectivity index (χ0) is 15.1. The van der Waals surface area contributed by atoms with Crippen molar-refractivity contribution in [2.75, 3.05) is 14.2 Å². The number of ether oxygens (including phenoxy) is 3. The second-order valence-electron chi connectivity index (χ2n) is 5.99. The van der Waals surface area contributed by atoms with Gasteiger partial charge in [-0.15, -0.1) is 0 Å². The predicted molar refractivity (Wildman–Crippen MR) is 67.7 cm³/mol. The van der Waals surface area contributed by atoms with E-state index in [1.165, 1.54) is 14.2 Å². The van der Waals surface area contributed by atoms with Crippen LogP contribution in [-0.4, -0.2) is 54.7 Å². The lowest BCUT2D eigenvalue weighted by atomic mass is 9.86. The van der Waals surface area contributed by atoms with Crippen LogP contribution >= 0.6 is 0 Å². The van der Waals surface area contributed by atoms with Crippen LogP contribution in [-0.2, 0) is 23.8 Å².